The number of carbonyl (C=O) groups is 4. The minimum atomic E-state index is -1.48. The van der Waals surface area contributed by atoms with Gasteiger partial charge in [-0.15, -0.1) is 0 Å². The molecule has 0 aromatic rings. The van der Waals surface area contributed by atoms with Crippen LogP contribution in [-0.2, 0) is 19.2 Å². The van der Waals surface area contributed by atoms with Crippen molar-refractivity contribution in [2.45, 2.75) is 64.4 Å². The Hall–Kier alpha value is -2.24. The molecule has 0 bridgehead atoms. The predicted octanol–water partition coefficient (Wildman–Crippen LogP) is -2.71. The van der Waals surface area contributed by atoms with Crippen LogP contribution in [-0.4, -0.2) is 75.9 Å². The summed E-state index contributed by atoms with van der Waals surface area (Å²) in [4.78, 5) is 47.5. The summed E-state index contributed by atoms with van der Waals surface area (Å²) in [5.74, 6) is -4.15. The largest absolute Gasteiger partial charge is 0.480 e. The van der Waals surface area contributed by atoms with E-state index in [1.165, 1.54) is 13.8 Å². The predicted molar refractivity (Wildman–Crippen MR) is 95.3 cm³/mol. The zero-order valence-electron chi connectivity index (χ0n) is 15.9. The molecule has 11 nitrogen and oxygen atoms in total. The van der Waals surface area contributed by atoms with Gasteiger partial charge in [0, 0.05) is 0 Å². The summed E-state index contributed by atoms with van der Waals surface area (Å²) >= 11 is 0. The molecule has 0 spiro atoms. The molecule has 0 aliphatic heterocycles. The molecule has 0 aliphatic carbocycles. The Labute approximate surface area is 157 Å². The maximum absolute atomic E-state index is 12.4. The minimum absolute atomic E-state index is 0.382. The Morgan fingerprint density at radius 2 is 1.44 bits per heavy atom. The highest BCUT2D eigenvalue weighted by atomic mass is 16.4. The van der Waals surface area contributed by atoms with E-state index in [1.807, 2.05) is 0 Å². The van der Waals surface area contributed by atoms with Gasteiger partial charge in [0.05, 0.1) is 18.8 Å². The van der Waals surface area contributed by atoms with Gasteiger partial charge in [0.15, 0.2) is 0 Å². The molecule has 0 aromatic carbocycles. The Morgan fingerprint density at radius 1 is 0.926 bits per heavy atom. The van der Waals surface area contributed by atoms with Crippen molar-refractivity contribution >= 4 is 23.7 Å². The molecule has 0 fully saturated rings. The zero-order chi connectivity index (χ0) is 21.3. The second-order valence-corrected chi connectivity index (χ2v) is 6.47. The molecule has 156 valence electrons. The molecule has 11 heteroatoms. The molecular formula is C16H30N4O7. The van der Waals surface area contributed by atoms with Crippen molar-refractivity contribution in [1.29, 1.82) is 0 Å². The third-order valence-electron chi connectivity index (χ3n) is 4.07. The van der Waals surface area contributed by atoms with Crippen molar-refractivity contribution in [3.63, 3.8) is 0 Å². The van der Waals surface area contributed by atoms with Crippen LogP contribution in [0.25, 0.3) is 0 Å². The molecule has 0 heterocycles. The van der Waals surface area contributed by atoms with Gasteiger partial charge in [0.2, 0.25) is 17.7 Å². The molecule has 3 amide bonds. The van der Waals surface area contributed by atoms with Crippen molar-refractivity contribution in [3.05, 3.63) is 0 Å². The normalized spacial score (nSPS) is 17.6. The van der Waals surface area contributed by atoms with Gasteiger partial charge in [-0.05, 0) is 19.8 Å². The molecule has 6 unspecified atom stereocenters. The number of aliphatic hydroxyl groups is 2. The Balaban J connectivity index is 5.20. The van der Waals surface area contributed by atoms with Crippen LogP contribution < -0.4 is 21.7 Å². The van der Waals surface area contributed by atoms with Crippen LogP contribution in [0.3, 0.4) is 0 Å². The monoisotopic (exact) mass is 390 g/mol. The van der Waals surface area contributed by atoms with E-state index < -0.39 is 60.6 Å². The van der Waals surface area contributed by atoms with Crippen LogP contribution in [0.1, 0.15) is 34.1 Å². The lowest BCUT2D eigenvalue weighted by molar-refractivity contribution is -0.144. The highest BCUT2D eigenvalue weighted by Crippen LogP contribution is 2.09. The van der Waals surface area contributed by atoms with Crippen LogP contribution in [0.2, 0.25) is 0 Å². The number of rotatable bonds is 11. The van der Waals surface area contributed by atoms with E-state index in [4.69, 9.17) is 5.73 Å². The SMILES string of the molecule is CCC(C)C(NC(=O)C(NC(=O)C(CO)NC(=O)C(C)N)C(C)O)C(=O)O. The second kappa shape index (κ2) is 11.5. The third kappa shape index (κ3) is 7.89. The van der Waals surface area contributed by atoms with E-state index in [-0.39, 0.29) is 5.92 Å². The first kappa shape index (κ1) is 24.8. The first-order valence-electron chi connectivity index (χ1n) is 8.64. The van der Waals surface area contributed by atoms with E-state index >= 15 is 0 Å². The summed E-state index contributed by atoms with van der Waals surface area (Å²) < 4.78 is 0. The van der Waals surface area contributed by atoms with Crippen molar-refractivity contribution in [3.8, 4) is 0 Å². The van der Waals surface area contributed by atoms with Gasteiger partial charge in [-0.25, -0.2) is 4.79 Å². The average Bonchev–Trinajstić information content (AvgIpc) is 2.59. The molecule has 0 rings (SSSR count). The van der Waals surface area contributed by atoms with Gasteiger partial charge in [0.25, 0.3) is 0 Å². The van der Waals surface area contributed by atoms with Crippen molar-refractivity contribution < 1.29 is 34.5 Å². The lowest BCUT2D eigenvalue weighted by atomic mass is 9.98. The van der Waals surface area contributed by atoms with Gasteiger partial charge < -0.3 is 37.0 Å². The first-order valence-corrected chi connectivity index (χ1v) is 8.64. The van der Waals surface area contributed by atoms with Gasteiger partial charge in [-0.2, -0.15) is 0 Å². The summed E-state index contributed by atoms with van der Waals surface area (Å²) in [5.41, 5.74) is 5.38. The van der Waals surface area contributed by atoms with Crippen LogP contribution >= 0.6 is 0 Å². The molecule has 27 heavy (non-hydrogen) atoms. The quantitative estimate of drug-likeness (QED) is 0.198. The lowest BCUT2D eigenvalue weighted by Gasteiger charge is -2.27. The lowest BCUT2D eigenvalue weighted by Crippen LogP contribution is -2.60. The van der Waals surface area contributed by atoms with Gasteiger partial charge in [-0.1, -0.05) is 20.3 Å². The van der Waals surface area contributed by atoms with Crippen LogP contribution in [0.5, 0.6) is 0 Å². The first-order chi connectivity index (χ1) is 12.5. The van der Waals surface area contributed by atoms with Gasteiger partial charge >= 0.3 is 5.97 Å². The molecule has 0 saturated heterocycles. The Morgan fingerprint density at radius 3 is 1.81 bits per heavy atom. The van der Waals surface area contributed by atoms with E-state index in [0.29, 0.717) is 6.42 Å². The van der Waals surface area contributed by atoms with E-state index in [1.54, 1.807) is 13.8 Å². The summed E-state index contributed by atoms with van der Waals surface area (Å²) in [5, 5.41) is 35.0. The number of hydrogen-bond acceptors (Lipinski definition) is 7. The Bertz CT molecular complexity index is 539. The average molecular weight is 390 g/mol. The van der Waals surface area contributed by atoms with Crippen LogP contribution in [0.15, 0.2) is 0 Å². The number of carboxylic acid groups (broad SMARTS) is 1. The number of carbonyl (C=O) groups excluding carboxylic acids is 3. The maximum Gasteiger partial charge on any atom is 0.326 e. The van der Waals surface area contributed by atoms with E-state index in [0.717, 1.165) is 0 Å². The number of aliphatic carboxylic acids is 1. The fourth-order valence-electron chi connectivity index (χ4n) is 2.08. The fourth-order valence-corrected chi connectivity index (χ4v) is 2.08. The number of nitrogens with one attached hydrogen (secondary N) is 3. The summed E-state index contributed by atoms with van der Waals surface area (Å²) in [6.07, 6.45) is -0.873. The molecule has 0 aliphatic rings. The van der Waals surface area contributed by atoms with E-state index in [9.17, 15) is 34.5 Å². The molecule has 0 aromatic heterocycles. The van der Waals surface area contributed by atoms with Crippen molar-refractivity contribution in [1.82, 2.24) is 16.0 Å². The highest BCUT2D eigenvalue weighted by Gasteiger charge is 2.33. The highest BCUT2D eigenvalue weighted by molar-refractivity contribution is 5.94. The minimum Gasteiger partial charge on any atom is -0.480 e. The zero-order valence-corrected chi connectivity index (χ0v) is 15.9. The maximum atomic E-state index is 12.4. The van der Waals surface area contributed by atoms with Gasteiger partial charge in [-0.3, -0.25) is 14.4 Å². The second-order valence-electron chi connectivity index (χ2n) is 6.47. The number of aliphatic hydroxyl groups excluding tert-OH is 2. The topological polar surface area (TPSA) is 191 Å². The van der Waals surface area contributed by atoms with Crippen molar-refractivity contribution in [2.75, 3.05) is 6.61 Å². The molecular weight excluding hydrogens is 360 g/mol. The Kier molecular flexibility index (Phi) is 10.5. The number of amides is 3. The standard InChI is InChI=1S/C16H30N4O7/c1-5-7(2)11(16(26)27)19-15(25)12(9(4)22)20-14(24)10(6-21)18-13(23)8(3)17/h7-12,21-22H,5-6,17H2,1-4H3,(H,18,23)(H,19,25)(H,20,24)(H,26,27). The summed E-state index contributed by atoms with van der Waals surface area (Å²) in [6.45, 7) is 5.25. The molecule has 8 N–H and O–H groups in total. The number of carboxylic acids is 1. The third-order valence-corrected chi connectivity index (χ3v) is 4.07. The van der Waals surface area contributed by atoms with E-state index in [2.05, 4.69) is 16.0 Å². The van der Waals surface area contributed by atoms with Crippen LogP contribution in [0.4, 0.5) is 0 Å². The van der Waals surface area contributed by atoms with Crippen molar-refractivity contribution in [2.24, 2.45) is 11.7 Å². The molecule has 0 saturated carbocycles. The smallest absolute Gasteiger partial charge is 0.326 e. The summed E-state index contributed by atoms with van der Waals surface area (Å²) in [6, 6.07) is -4.99. The molecule has 0 radical (unpaired) electrons. The summed E-state index contributed by atoms with van der Waals surface area (Å²) in [7, 11) is 0. The number of hydrogen-bond donors (Lipinski definition) is 7. The van der Waals surface area contributed by atoms with Gasteiger partial charge in [0.1, 0.15) is 18.1 Å². The fraction of sp³-hybridized carbons (Fsp3) is 0.750. The molecule has 6 atom stereocenters. The number of nitrogens with two attached hydrogens (primary N) is 1. The van der Waals surface area contributed by atoms with Crippen LogP contribution in [0, 0.1) is 5.92 Å².